The number of ether oxygens (including phenoxy) is 1. The van der Waals surface area contributed by atoms with E-state index in [-0.39, 0.29) is 30.9 Å². The Morgan fingerprint density at radius 1 is 1.21 bits per heavy atom. The predicted molar refractivity (Wildman–Crippen MR) is 107 cm³/mol. The Kier molecular flexibility index (Phi) is 4.66. The summed E-state index contributed by atoms with van der Waals surface area (Å²) in [6.45, 7) is 1.21. The number of aromatic nitrogens is 1. The van der Waals surface area contributed by atoms with Crippen molar-refractivity contribution in [1.82, 2.24) is 4.98 Å². The number of rotatable bonds is 4. The van der Waals surface area contributed by atoms with Gasteiger partial charge in [-0.3, -0.25) is 19.3 Å². The molecule has 0 spiro atoms. The van der Waals surface area contributed by atoms with Crippen molar-refractivity contribution in [2.75, 3.05) is 28.7 Å². The van der Waals surface area contributed by atoms with Gasteiger partial charge in [0.25, 0.3) is 5.91 Å². The predicted octanol–water partition coefficient (Wildman–Crippen LogP) is 2.62. The second kappa shape index (κ2) is 7.28. The van der Waals surface area contributed by atoms with E-state index in [1.54, 1.807) is 36.4 Å². The highest BCUT2D eigenvalue weighted by Gasteiger charge is 2.27. The fourth-order valence-electron chi connectivity index (χ4n) is 2.88. The summed E-state index contributed by atoms with van der Waals surface area (Å²) in [5.41, 5.74) is 1.89. The Morgan fingerprint density at radius 3 is 2.86 bits per heavy atom. The summed E-state index contributed by atoms with van der Waals surface area (Å²) in [5, 5.41) is 5.95. The number of nitrogens with one attached hydrogen (secondary N) is 2. The molecule has 2 heterocycles. The molecule has 8 nitrogen and oxygen atoms in total. The van der Waals surface area contributed by atoms with Gasteiger partial charge in [-0.25, -0.2) is 4.98 Å². The summed E-state index contributed by atoms with van der Waals surface area (Å²) < 4.78 is 6.21. The monoisotopic (exact) mass is 396 g/mol. The molecule has 3 aromatic rings. The van der Waals surface area contributed by atoms with Crippen LogP contribution in [0.2, 0.25) is 0 Å². The van der Waals surface area contributed by atoms with E-state index in [1.807, 2.05) is 6.07 Å². The minimum absolute atomic E-state index is 0.0942. The molecule has 28 heavy (non-hydrogen) atoms. The van der Waals surface area contributed by atoms with E-state index in [0.29, 0.717) is 22.3 Å². The minimum atomic E-state index is -0.323. The van der Waals surface area contributed by atoms with E-state index in [9.17, 15) is 14.4 Å². The first-order valence-electron chi connectivity index (χ1n) is 8.50. The number of para-hydroxylation sites is 2. The molecular formula is C19H16N4O4S. The number of fused-ring (bicyclic) bond motifs is 2. The van der Waals surface area contributed by atoms with Gasteiger partial charge in [0, 0.05) is 12.6 Å². The van der Waals surface area contributed by atoms with Crippen LogP contribution in [0.1, 0.15) is 6.92 Å². The average Bonchev–Trinajstić information content (AvgIpc) is 3.04. The first-order valence-corrected chi connectivity index (χ1v) is 9.31. The van der Waals surface area contributed by atoms with Crippen molar-refractivity contribution < 1.29 is 19.1 Å². The maximum Gasteiger partial charge on any atom is 0.265 e. The first kappa shape index (κ1) is 17.9. The summed E-state index contributed by atoms with van der Waals surface area (Å²) in [7, 11) is 0. The molecule has 3 amide bonds. The largest absolute Gasteiger partial charge is 0.482 e. The van der Waals surface area contributed by atoms with Crippen LogP contribution in [-0.2, 0) is 14.4 Å². The number of hydrogen-bond acceptors (Lipinski definition) is 6. The number of nitrogens with zero attached hydrogens (tertiary/aromatic N) is 2. The van der Waals surface area contributed by atoms with E-state index in [2.05, 4.69) is 15.6 Å². The van der Waals surface area contributed by atoms with Crippen molar-refractivity contribution in [3.8, 4) is 5.75 Å². The molecule has 9 heteroatoms. The topological polar surface area (TPSA) is 101 Å². The zero-order chi connectivity index (χ0) is 19.7. The molecule has 1 aliphatic heterocycles. The van der Waals surface area contributed by atoms with Gasteiger partial charge >= 0.3 is 0 Å². The Labute approximate surface area is 164 Å². The van der Waals surface area contributed by atoms with Crippen LogP contribution in [-0.4, -0.2) is 35.9 Å². The van der Waals surface area contributed by atoms with Gasteiger partial charge in [0.1, 0.15) is 12.3 Å². The molecule has 142 valence electrons. The Hall–Kier alpha value is -3.46. The number of carbonyl (C=O) groups excluding carboxylic acids is 3. The second-order valence-electron chi connectivity index (χ2n) is 6.17. The zero-order valence-electron chi connectivity index (χ0n) is 14.9. The summed E-state index contributed by atoms with van der Waals surface area (Å²) in [6, 6.07) is 12.4. The van der Waals surface area contributed by atoms with Crippen LogP contribution in [0, 0.1) is 0 Å². The molecule has 1 aliphatic rings. The van der Waals surface area contributed by atoms with Crippen LogP contribution < -0.4 is 20.3 Å². The molecule has 0 saturated carbocycles. The molecule has 0 saturated heterocycles. The summed E-state index contributed by atoms with van der Waals surface area (Å²) in [5.74, 6) is -0.211. The van der Waals surface area contributed by atoms with Crippen LogP contribution in [0.4, 0.5) is 16.5 Å². The lowest BCUT2D eigenvalue weighted by Gasteiger charge is -2.28. The van der Waals surface area contributed by atoms with Gasteiger partial charge in [0.15, 0.2) is 11.7 Å². The Morgan fingerprint density at radius 2 is 2.04 bits per heavy atom. The third-order valence-electron chi connectivity index (χ3n) is 4.07. The lowest BCUT2D eigenvalue weighted by molar-refractivity contribution is -0.123. The summed E-state index contributed by atoms with van der Waals surface area (Å²) in [6.07, 6.45) is 0. The van der Waals surface area contributed by atoms with E-state index >= 15 is 0 Å². The quantitative estimate of drug-likeness (QED) is 0.706. The molecule has 2 N–H and O–H groups in total. The van der Waals surface area contributed by atoms with E-state index < -0.39 is 0 Å². The van der Waals surface area contributed by atoms with E-state index in [0.717, 1.165) is 10.2 Å². The molecule has 0 atom stereocenters. The fraction of sp³-hybridized carbons (Fsp3) is 0.158. The van der Waals surface area contributed by atoms with Gasteiger partial charge in [-0.15, -0.1) is 0 Å². The van der Waals surface area contributed by atoms with E-state index in [1.165, 1.54) is 23.2 Å². The van der Waals surface area contributed by atoms with Crippen LogP contribution in [0.3, 0.4) is 0 Å². The van der Waals surface area contributed by atoms with Gasteiger partial charge in [0.05, 0.1) is 15.9 Å². The molecule has 0 bridgehead atoms. The number of carbonyl (C=O) groups is 3. The molecule has 1 aromatic heterocycles. The Bertz CT molecular complexity index is 1090. The maximum atomic E-state index is 12.5. The first-order chi connectivity index (χ1) is 13.5. The smallest absolute Gasteiger partial charge is 0.265 e. The lowest BCUT2D eigenvalue weighted by atomic mass is 10.2. The maximum absolute atomic E-state index is 12.5. The normalized spacial score (nSPS) is 13.0. The lowest BCUT2D eigenvalue weighted by Crippen LogP contribution is -2.43. The number of anilines is 3. The summed E-state index contributed by atoms with van der Waals surface area (Å²) >= 11 is 1.32. The Balaban J connectivity index is 1.49. The third-order valence-corrected chi connectivity index (χ3v) is 5.00. The summed E-state index contributed by atoms with van der Waals surface area (Å²) in [4.78, 5) is 41.6. The third kappa shape index (κ3) is 3.65. The van der Waals surface area contributed by atoms with Gasteiger partial charge < -0.3 is 15.4 Å². The van der Waals surface area contributed by atoms with Crippen molar-refractivity contribution in [3.63, 3.8) is 0 Å². The van der Waals surface area contributed by atoms with Gasteiger partial charge in [-0.2, -0.15) is 0 Å². The van der Waals surface area contributed by atoms with Crippen LogP contribution in [0.5, 0.6) is 5.75 Å². The second-order valence-corrected chi connectivity index (χ2v) is 7.20. The minimum Gasteiger partial charge on any atom is -0.482 e. The number of hydrogen-bond donors (Lipinski definition) is 2. The molecule has 0 radical (unpaired) electrons. The average molecular weight is 396 g/mol. The van der Waals surface area contributed by atoms with Gasteiger partial charge in [-0.05, 0) is 30.3 Å². The number of amides is 3. The SMILES string of the molecule is CC(=O)Nc1nc2ccc(NC(=O)CN3C(=O)COc4ccccc43)cc2s1. The highest BCUT2D eigenvalue weighted by molar-refractivity contribution is 7.22. The van der Waals surface area contributed by atoms with Crippen LogP contribution in [0.25, 0.3) is 10.2 Å². The molecule has 0 fully saturated rings. The van der Waals surface area contributed by atoms with Crippen LogP contribution >= 0.6 is 11.3 Å². The van der Waals surface area contributed by atoms with Crippen LogP contribution in [0.15, 0.2) is 42.5 Å². The molecule has 4 rings (SSSR count). The molecule has 2 aromatic carbocycles. The highest BCUT2D eigenvalue weighted by Crippen LogP contribution is 2.31. The number of benzene rings is 2. The van der Waals surface area contributed by atoms with Crippen molar-refractivity contribution in [3.05, 3.63) is 42.5 Å². The van der Waals surface area contributed by atoms with Crippen molar-refractivity contribution >= 4 is 55.8 Å². The van der Waals surface area contributed by atoms with Gasteiger partial charge in [0.2, 0.25) is 11.8 Å². The fourth-order valence-corrected chi connectivity index (χ4v) is 3.83. The number of thiazole rings is 1. The van der Waals surface area contributed by atoms with Crippen molar-refractivity contribution in [1.29, 1.82) is 0 Å². The van der Waals surface area contributed by atoms with Crippen molar-refractivity contribution in [2.45, 2.75) is 6.92 Å². The molecule has 0 unspecified atom stereocenters. The van der Waals surface area contributed by atoms with Gasteiger partial charge in [-0.1, -0.05) is 23.5 Å². The zero-order valence-corrected chi connectivity index (χ0v) is 15.7. The van der Waals surface area contributed by atoms with E-state index in [4.69, 9.17) is 4.74 Å². The molecule has 0 aliphatic carbocycles. The molecular weight excluding hydrogens is 380 g/mol. The highest BCUT2D eigenvalue weighted by atomic mass is 32.1. The standard InChI is InChI=1S/C19H16N4O4S/c1-11(24)20-19-22-13-7-6-12(8-16(13)28-19)21-17(25)9-23-14-4-2-3-5-15(14)27-10-18(23)26/h2-8H,9-10H2,1H3,(H,21,25)(H,20,22,24). The van der Waals surface area contributed by atoms with Crippen molar-refractivity contribution in [2.24, 2.45) is 0 Å².